The minimum Gasteiger partial charge on any atom is -0.483 e. The number of para-hydroxylation sites is 2. The molecule has 2 aliphatic heterocycles. The maximum Gasteiger partial charge on any atom is 0.264 e. The topological polar surface area (TPSA) is 49.9 Å². The van der Waals surface area contributed by atoms with E-state index >= 15 is 0 Å². The van der Waals surface area contributed by atoms with Gasteiger partial charge in [-0.1, -0.05) is 30.3 Å². The summed E-state index contributed by atoms with van der Waals surface area (Å²) in [5, 5.41) is 0. The van der Waals surface area contributed by atoms with Gasteiger partial charge in [0.1, 0.15) is 5.75 Å². The zero-order valence-electron chi connectivity index (χ0n) is 16.1. The van der Waals surface area contributed by atoms with Crippen molar-refractivity contribution >= 4 is 17.5 Å². The number of fused-ring (bicyclic) bond motifs is 1. The smallest absolute Gasteiger partial charge is 0.264 e. The van der Waals surface area contributed by atoms with E-state index in [1.54, 1.807) is 17.0 Å². The number of hydrogen-bond donors (Lipinski definition) is 0. The van der Waals surface area contributed by atoms with Gasteiger partial charge in [-0.25, -0.2) is 0 Å². The highest BCUT2D eigenvalue weighted by Gasteiger charge is 2.24. The molecule has 0 unspecified atom stereocenters. The predicted molar refractivity (Wildman–Crippen MR) is 109 cm³/mol. The molecule has 1 saturated heterocycles. The molecule has 2 aromatic rings. The van der Waals surface area contributed by atoms with Gasteiger partial charge >= 0.3 is 0 Å². The molecule has 1 fully saturated rings. The molecule has 0 N–H and O–H groups in total. The lowest BCUT2D eigenvalue weighted by Gasteiger charge is -2.30. The SMILES string of the molecule is O=C(c1ccccc1OCC(=O)N1CCCc2ccccc21)N1CCCCC1. The van der Waals surface area contributed by atoms with Gasteiger partial charge in [-0.15, -0.1) is 0 Å². The van der Waals surface area contributed by atoms with Crippen LogP contribution in [0.5, 0.6) is 5.75 Å². The van der Waals surface area contributed by atoms with Gasteiger partial charge in [0, 0.05) is 25.3 Å². The lowest BCUT2D eigenvalue weighted by Crippen LogP contribution is -2.39. The normalized spacial score (nSPS) is 16.4. The Bertz CT molecular complexity index is 858. The molecular formula is C23H26N2O3. The summed E-state index contributed by atoms with van der Waals surface area (Å²) in [5.41, 5.74) is 2.71. The van der Waals surface area contributed by atoms with Gasteiger partial charge in [0.05, 0.1) is 5.56 Å². The molecule has 146 valence electrons. The fourth-order valence-corrected chi connectivity index (χ4v) is 4.05. The number of nitrogens with zero attached hydrogens (tertiary/aromatic N) is 2. The second-order valence-electron chi connectivity index (χ2n) is 7.42. The summed E-state index contributed by atoms with van der Waals surface area (Å²) in [5.74, 6) is 0.398. The zero-order chi connectivity index (χ0) is 19.3. The van der Waals surface area contributed by atoms with E-state index in [4.69, 9.17) is 4.74 Å². The van der Waals surface area contributed by atoms with Crippen LogP contribution in [0.3, 0.4) is 0 Å². The first kappa shape index (κ1) is 18.5. The summed E-state index contributed by atoms with van der Waals surface area (Å²) in [4.78, 5) is 29.4. The van der Waals surface area contributed by atoms with Crippen molar-refractivity contribution in [3.63, 3.8) is 0 Å². The number of rotatable bonds is 4. The van der Waals surface area contributed by atoms with Crippen molar-refractivity contribution in [2.75, 3.05) is 31.1 Å². The third-order valence-corrected chi connectivity index (χ3v) is 5.52. The molecule has 28 heavy (non-hydrogen) atoms. The fraction of sp³-hybridized carbons (Fsp3) is 0.391. The first-order chi connectivity index (χ1) is 13.7. The van der Waals surface area contributed by atoms with Crippen LogP contribution in [0.4, 0.5) is 5.69 Å². The highest BCUT2D eigenvalue weighted by molar-refractivity contribution is 5.98. The number of piperidine rings is 1. The van der Waals surface area contributed by atoms with Gasteiger partial charge in [0.25, 0.3) is 11.8 Å². The largest absolute Gasteiger partial charge is 0.483 e. The Kier molecular flexibility index (Phi) is 5.60. The molecule has 0 saturated carbocycles. The number of likely N-dealkylation sites (tertiary alicyclic amines) is 1. The second-order valence-corrected chi connectivity index (χ2v) is 7.42. The highest BCUT2D eigenvalue weighted by Crippen LogP contribution is 2.27. The molecule has 0 atom stereocenters. The van der Waals surface area contributed by atoms with Gasteiger partial charge in [-0.2, -0.15) is 0 Å². The number of benzene rings is 2. The lowest BCUT2D eigenvalue weighted by atomic mass is 10.0. The van der Waals surface area contributed by atoms with Crippen LogP contribution in [0.1, 0.15) is 41.6 Å². The van der Waals surface area contributed by atoms with Gasteiger partial charge in [0.15, 0.2) is 6.61 Å². The monoisotopic (exact) mass is 378 g/mol. The molecule has 0 aliphatic carbocycles. The Hall–Kier alpha value is -2.82. The third kappa shape index (κ3) is 3.88. The van der Waals surface area contributed by atoms with Crippen LogP contribution in [-0.4, -0.2) is 43.0 Å². The molecule has 0 bridgehead atoms. The van der Waals surface area contributed by atoms with Crippen molar-refractivity contribution in [1.29, 1.82) is 0 Å². The van der Waals surface area contributed by atoms with Crippen LogP contribution < -0.4 is 9.64 Å². The number of hydrogen-bond acceptors (Lipinski definition) is 3. The first-order valence-electron chi connectivity index (χ1n) is 10.1. The van der Waals surface area contributed by atoms with Crippen molar-refractivity contribution in [2.45, 2.75) is 32.1 Å². The van der Waals surface area contributed by atoms with E-state index in [0.29, 0.717) is 17.9 Å². The molecule has 2 amide bonds. The highest BCUT2D eigenvalue weighted by atomic mass is 16.5. The number of anilines is 1. The van der Waals surface area contributed by atoms with E-state index in [1.165, 1.54) is 12.0 Å². The number of carbonyl (C=O) groups is 2. The van der Waals surface area contributed by atoms with E-state index in [-0.39, 0.29) is 18.4 Å². The van der Waals surface area contributed by atoms with Crippen molar-refractivity contribution in [2.24, 2.45) is 0 Å². The Morgan fingerprint density at radius 2 is 1.61 bits per heavy atom. The van der Waals surface area contributed by atoms with Crippen molar-refractivity contribution in [3.8, 4) is 5.75 Å². The maximum absolute atomic E-state index is 12.9. The summed E-state index contributed by atoms with van der Waals surface area (Å²) in [7, 11) is 0. The molecule has 5 heteroatoms. The van der Waals surface area contributed by atoms with Crippen LogP contribution >= 0.6 is 0 Å². The minimum absolute atomic E-state index is 0.00827. The molecule has 2 aliphatic rings. The number of ether oxygens (including phenoxy) is 1. The second kappa shape index (κ2) is 8.46. The Morgan fingerprint density at radius 1 is 0.857 bits per heavy atom. The van der Waals surface area contributed by atoms with Gasteiger partial charge in [-0.05, 0) is 55.9 Å². The number of aryl methyl sites for hydroxylation is 1. The van der Waals surface area contributed by atoms with E-state index in [9.17, 15) is 9.59 Å². The Balaban J connectivity index is 1.46. The zero-order valence-corrected chi connectivity index (χ0v) is 16.1. The van der Waals surface area contributed by atoms with Crippen LogP contribution in [0, 0.1) is 0 Å². The summed E-state index contributed by atoms with van der Waals surface area (Å²) in [6, 6.07) is 15.3. The average Bonchev–Trinajstić information content (AvgIpc) is 2.77. The summed E-state index contributed by atoms with van der Waals surface area (Å²) in [6.07, 6.45) is 5.21. The molecular weight excluding hydrogens is 352 g/mol. The van der Waals surface area contributed by atoms with Gasteiger partial charge in [-0.3, -0.25) is 9.59 Å². The number of carbonyl (C=O) groups excluding carboxylic acids is 2. The summed E-state index contributed by atoms with van der Waals surface area (Å²) < 4.78 is 5.84. The van der Waals surface area contributed by atoms with Crippen molar-refractivity contribution in [3.05, 3.63) is 59.7 Å². The number of amides is 2. The van der Waals surface area contributed by atoms with E-state index in [2.05, 4.69) is 6.07 Å². The molecule has 4 rings (SSSR count). The quantitative estimate of drug-likeness (QED) is 0.816. The van der Waals surface area contributed by atoms with Crippen LogP contribution in [0.25, 0.3) is 0 Å². The average molecular weight is 378 g/mol. The first-order valence-corrected chi connectivity index (χ1v) is 10.1. The van der Waals surface area contributed by atoms with Crippen molar-refractivity contribution < 1.29 is 14.3 Å². The summed E-state index contributed by atoms with van der Waals surface area (Å²) in [6.45, 7) is 2.21. The maximum atomic E-state index is 12.9. The van der Waals surface area contributed by atoms with E-state index in [1.807, 2.05) is 35.2 Å². The summed E-state index contributed by atoms with van der Waals surface area (Å²) >= 11 is 0. The van der Waals surface area contributed by atoms with Gasteiger partial charge in [0.2, 0.25) is 0 Å². The van der Waals surface area contributed by atoms with Crippen LogP contribution in [-0.2, 0) is 11.2 Å². The van der Waals surface area contributed by atoms with E-state index < -0.39 is 0 Å². The fourth-order valence-electron chi connectivity index (χ4n) is 4.05. The standard InChI is InChI=1S/C23H26N2O3/c26-22(25-16-8-10-18-9-2-4-12-20(18)25)17-28-21-13-5-3-11-19(21)23(27)24-14-6-1-7-15-24/h2-5,9,11-13H,1,6-8,10,14-17H2. The molecule has 2 heterocycles. The molecule has 0 aromatic heterocycles. The van der Waals surface area contributed by atoms with E-state index in [0.717, 1.165) is 44.5 Å². The third-order valence-electron chi connectivity index (χ3n) is 5.52. The lowest BCUT2D eigenvalue weighted by molar-refractivity contribution is -0.120. The van der Waals surface area contributed by atoms with Gasteiger partial charge < -0.3 is 14.5 Å². The minimum atomic E-state index is -0.0765. The molecule has 5 nitrogen and oxygen atoms in total. The van der Waals surface area contributed by atoms with Crippen molar-refractivity contribution in [1.82, 2.24) is 4.90 Å². The van der Waals surface area contributed by atoms with Crippen LogP contribution in [0.2, 0.25) is 0 Å². The Labute approximate surface area is 165 Å². The molecule has 0 spiro atoms. The Morgan fingerprint density at radius 3 is 2.46 bits per heavy atom. The predicted octanol–water partition coefficient (Wildman–Crippen LogP) is 3.67. The van der Waals surface area contributed by atoms with Crippen LogP contribution in [0.15, 0.2) is 48.5 Å². The molecule has 0 radical (unpaired) electrons. The molecule has 2 aromatic carbocycles.